The summed E-state index contributed by atoms with van der Waals surface area (Å²) in [5.74, 6) is 0.571. The summed E-state index contributed by atoms with van der Waals surface area (Å²) in [6.45, 7) is 0. The van der Waals surface area contributed by atoms with E-state index < -0.39 is 0 Å². The van der Waals surface area contributed by atoms with Gasteiger partial charge in [-0.05, 0) is 18.2 Å². The van der Waals surface area contributed by atoms with Gasteiger partial charge in [0.15, 0.2) is 10.8 Å². The van der Waals surface area contributed by atoms with Crippen LogP contribution in [0.25, 0.3) is 11.3 Å². The van der Waals surface area contributed by atoms with Gasteiger partial charge in [-0.15, -0.1) is 10.2 Å². The van der Waals surface area contributed by atoms with Gasteiger partial charge in [0.25, 0.3) is 0 Å². The standard InChI is InChI=1S/C9H4ClN3O/c10-9-7(8-2-1-3-14-8)4-6(5-11)12-13-9/h1-4H. The van der Waals surface area contributed by atoms with Crippen molar-refractivity contribution < 1.29 is 4.42 Å². The van der Waals surface area contributed by atoms with Crippen molar-refractivity contribution in [2.75, 3.05) is 0 Å². The molecule has 0 saturated carbocycles. The Morgan fingerprint density at radius 2 is 2.29 bits per heavy atom. The molecule has 4 nitrogen and oxygen atoms in total. The highest BCUT2D eigenvalue weighted by Crippen LogP contribution is 2.26. The molecule has 0 saturated heterocycles. The Bertz CT molecular complexity index is 487. The fourth-order valence-electron chi connectivity index (χ4n) is 1.04. The van der Waals surface area contributed by atoms with Gasteiger partial charge in [-0.1, -0.05) is 11.6 Å². The van der Waals surface area contributed by atoms with E-state index in [9.17, 15) is 0 Å². The van der Waals surface area contributed by atoms with Crippen molar-refractivity contribution in [3.05, 3.63) is 35.3 Å². The van der Waals surface area contributed by atoms with Crippen LogP contribution in [0.2, 0.25) is 5.15 Å². The van der Waals surface area contributed by atoms with Gasteiger partial charge in [-0.2, -0.15) is 5.26 Å². The number of furan rings is 1. The average molecular weight is 206 g/mol. The maximum Gasteiger partial charge on any atom is 0.163 e. The predicted octanol–water partition coefficient (Wildman–Crippen LogP) is 2.26. The lowest BCUT2D eigenvalue weighted by molar-refractivity contribution is 0.582. The van der Waals surface area contributed by atoms with E-state index >= 15 is 0 Å². The smallest absolute Gasteiger partial charge is 0.163 e. The lowest BCUT2D eigenvalue weighted by atomic mass is 10.2. The van der Waals surface area contributed by atoms with E-state index in [1.807, 2.05) is 6.07 Å². The van der Waals surface area contributed by atoms with Crippen molar-refractivity contribution >= 4 is 11.6 Å². The van der Waals surface area contributed by atoms with Crippen molar-refractivity contribution in [2.24, 2.45) is 0 Å². The topological polar surface area (TPSA) is 62.7 Å². The Labute approximate surface area is 84.8 Å². The minimum Gasteiger partial charge on any atom is -0.464 e. The summed E-state index contributed by atoms with van der Waals surface area (Å²) in [6.07, 6.45) is 1.53. The number of rotatable bonds is 1. The number of nitriles is 1. The molecule has 2 aromatic heterocycles. The molecule has 0 aliphatic carbocycles. The molecule has 14 heavy (non-hydrogen) atoms. The van der Waals surface area contributed by atoms with E-state index in [1.54, 1.807) is 12.1 Å². The lowest BCUT2D eigenvalue weighted by Gasteiger charge is -1.97. The van der Waals surface area contributed by atoms with Crippen molar-refractivity contribution in [1.29, 1.82) is 5.26 Å². The first-order valence-corrected chi connectivity index (χ1v) is 4.16. The van der Waals surface area contributed by atoms with Crippen molar-refractivity contribution in [3.63, 3.8) is 0 Å². The molecule has 2 rings (SSSR count). The van der Waals surface area contributed by atoms with Crippen LogP contribution in [0.4, 0.5) is 0 Å². The Hall–Kier alpha value is -1.86. The van der Waals surface area contributed by atoms with Crippen LogP contribution in [0.5, 0.6) is 0 Å². The molecule has 0 spiro atoms. The minimum absolute atomic E-state index is 0.209. The fourth-order valence-corrected chi connectivity index (χ4v) is 1.22. The SMILES string of the molecule is N#Cc1cc(-c2ccco2)c(Cl)nn1. The summed E-state index contributed by atoms with van der Waals surface area (Å²) in [5, 5.41) is 16.1. The van der Waals surface area contributed by atoms with Crippen molar-refractivity contribution in [3.8, 4) is 17.4 Å². The van der Waals surface area contributed by atoms with Gasteiger partial charge in [0.05, 0.1) is 11.8 Å². The molecule has 2 aromatic rings. The maximum absolute atomic E-state index is 8.62. The molecule has 0 unspecified atom stereocenters. The Morgan fingerprint density at radius 1 is 1.43 bits per heavy atom. The van der Waals surface area contributed by atoms with E-state index in [1.165, 1.54) is 12.3 Å². The van der Waals surface area contributed by atoms with E-state index in [4.69, 9.17) is 21.3 Å². The lowest BCUT2D eigenvalue weighted by Crippen LogP contribution is -1.90. The van der Waals surface area contributed by atoms with E-state index in [-0.39, 0.29) is 10.8 Å². The van der Waals surface area contributed by atoms with Crippen LogP contribution in [0.15, 0.2) is 28.9 Å². The average Bonchev–Trinajstić information content (AvgIpc) is 2.71. The summed E-state index contributed by atoms with van der Waals surface area (Å²) in [6, 6.07) is 6.89. The molecule has 68 valence electrons. The zero-order valence-corrected chi connectivity index (χ0v) is 7.69. The molecule has 0 amide bonds. The third kappa shape index (κ3) is 1.45. The van der Waals surface area contributed by atoms with E-state index in [0.29, 0.717) is 11.3 Å². The van der Waals surface area contributed by atoms with Crippen LogP contribution >= 0.6 is 11.6 Å². The molecular formula is C9H4ClN3O. The molecule has 0 atom stereocenters. The van der Waals surface area contributed by atoms with Crippen LogP contribution in [-0.2, 0) is 0 Å². The number of hydrogen-bond donors (Lipinski definition) is 0. The first kappa shape index (κ1) is 8.73. The summed E-state index contributed by atoms with van der Waals surface area (Å²) in [7, 11) is 0. The highest BCUT2D eigenvalue weighted by atomic mass is 35.5. The van der Waals surface area contributed by atoms with Gasteiger partial charge in [0, 0.05) is 0 Å². The van der Waals surface area contributed by atoms with Gasteiger partial charge >= 0.3 is 0 Å². The normalized spacial score (nSPS) is 9.71. The second kappa shape index (κ2) is 3.48. The zero-order valence-electron chi connectivity index (χ0n) is 6.94. The van der Waals surface area contributed by atoms with Crippen LogP contribution in [0, 0.1) is 11.3 Å². The molecule has 0 aliphatic rings. The Morgan fingerprint density at radius 3 is 2.93 bits per heavy atom. The number of aromatic nitrogens is 2. The minimum atomic E-state index is 0.209. The quantitative estimate of drug-likeness (QED) is 0.717. The van der Waals surface area contributed by atoms with E-state index in [2.05, 4.69) is 10.2 Å². The number of halogens is 1. The fraction of sp³-hybridized carbons (Fsp3) is 0. The largest absolute Gasteiger partial charge is 0.464 e. The Balaban J connectivity index is 2.58. The summed E-state index contributed by atoms with van der Waals surface area (Å²) < 4.78 is 5.14. The third-order valence-corrected chi connectivity index (χ3v) is 1.93. The van der Waals surface area contributed by atoms with Crippen molar-refractivity contribution in [1.82, 2.24) is 10.2 Å². The van der Waals surface area contributed by atoms with Crippen LogP contribution in [0.3, 0.4) is 0 Å². The maximum atomic E-state index is 8.62. The second-order valence-corrected chi connectivity index (χ2v) is 2.88. The highest BCUT2D eigenvalue weighted by molar-refractivity contribution is 6.31. The first-order valence-electron chi connectivity index (χ1n) is 3.78. The van der Waals surface area contributed by atoms with Crippen LogP contribution in [0.1, 0.15) is 5.69 Å². The summed E-state index contributed by atoms with van der Waals surface area (Å²) >= 11 is 5.80. The summed E-state index contributed by atoms with van der Waals surface area (Å²) in [4.78, 5) is 0. The molecule has 0 fully saturated rings. The Kier molecular flexibility index (Phi) is 2.17. The molecule has 2 heterocycles. The van der Waals surface area contributed by atoms with Gasteiger partial charge in [0.1, 0.15) is 11.8 Å². The van der Waals surface area contributed by atoms with Gasteiger partial charge < -0.3 is 4.42 Å². The molecular weight excluding hydrogens is 202 g/mol. The highest BCUT2D eigenvalue weighted by Gasteiger charge is 2.09. The van der Waals surface area contributed by atoms with Crippen LogP contribution in [-0.4, -0.2) is 10.2 Å². The first-order chi connectivity index (χ1) is 6.81. The molecule has 0 N–H and O–H groups in total. The number of nitrogens with zero attached hydrogens (tertiary/aromatic N) is 3. The molecule has 0 radical (unpaired) electrons. The third-order valence-electron chi connectivity index (χ3n) is 1.65. The van der Waals surface area contributed by atoms with Crippen molar-refractivity contribution in [2.45, 2.75) is 0 Å². The summed E-state index contributed by atoms with van der Waals surface area (Å²) in [5.41, 5.74) is 0.781. The van der Waals surface area contributed by atoms with Gasteiger partial charge in [-0.25, -0.2) is 0 Å². The monoisotopic (exact) mass is 205 g/mol. The van der Waals surface area contributed by atoms with Gasteiger partial charge in [-0.3, -0.25) is 0 Å². The molecule has 0 aliphatic heterocycles. The molecule has 0 aromatic carbocycles. The van der Waals surface area contributed by atoms with Gasteiger partial charge in [0.2, 0.25) is 0 Å². The predicted molar refractivity (Wildman–Crippen MR) is 49.5 cm³/mol. The zero-order chi connectivity index (χ0) is 9.97. The number of hydrogen-bond acceptors (Lipinski definition) is 4. The van der Waals surface area contributed by atoms with Crippen LogP contribution < -0.4 is 0 Å². The molecule has 0 bridgehead atoms. The second-order valence-electron chi connectivity index (χ2n) is 2.52. The van der Waals surface area contributed by atoms with E-state index in [0.717, 1.165) is 0 Å². The molecule has 5 heteroatoms.